The van der Waals surface area contributed by atoms with E-state index in [1.807, 2.05) is 0 Å². The Bertz CT molecular complexity index is 581. The molecule has 0 atom stereocenters. The Kier molecular flexibility index (Phi) is 4.89. The number of aryl methyl sites for hydroxylation is 1. The largest absolute Gasteiger partial charge is 0.367 e. The Morgan fingerprint density at radius 1 is 0.905 bits per heavy atom. The summed E-state index contributed by atoms with van der Waals surface area (Å²) >= 11 is 0. The van der Waals surface area contributed by atoms with Crippen LogP contribution in [0.15, 0.2) is 48.5 Å². The van der Waals surface area contributed by atoms with Crippen molar-refractivity contribution in [1.82, 2.24) is 0 Å². The molecule has 0 aliphatic rings. The fourth-order valence-corrected chi connectivity index (χ4v) is 3.78. The minimum Gasteiger partial charge on any atom is -0.367 e. The zero-order valence-corrected chi connectivity index (χ0v) is 15.0. The van der Waals surface area contributed by atoms with Gasteiger partial charge >= 0.3 is 0 Å². The highest BCUT2D eigenvalue weighted by Gasteiger charge is 2.16. The van der Waals surface area contributed by atoms with Gasteiger partial charge in [-0.15, -0.1) is 0 Å². The van der Waals surface area contributed by atoms with Crippen LogP contribution >= 0.6 is 0 Å². The molecule has 0 saturated heterocycles. The van der Waals surface area contributed by atoms with Crippen molar-refractivity contribution in [1.29, 1.82) is 0 Å². The van der Waals surface area contributed by atoms with E-state index in [0.717, 1.165) is 13.1 Å². The minimum atomic E-state index is -1.19. The van der Waals surface area contributed by atoms with Gasteiger partial charge in [0.05, 0.1) is 8.07 Å². The lowest BCUT2D eigenvalue weighted by Gasteiger charge is -2.25. The molecule has 0 bridgehead atoms. The standard InChI is InChI=1S/C19H27NSi/c1-6-20(19-10-8-7-9-16(19)2)15-17-11-13-18(14-12-17)21(3,4)5/h7-14H,6,15H2,1-5H3. The maximum Gasteiger partial charge on any atom is 0.0775 e. The lowest BCUT2D eigenvalue weighted by atomic mass is 10.1. The molecular formula is C19H27NSi. The molecule has 0 fully saturated rings. The van der Waals surface area contributed by atoms with Gasteiger partial charge in [-0.3, -0.25) is 0 Å². The molecule has 0 aromatic heterocycles. The summed E-state index contributed by atoms with van der Waals surface area (Å²) in [6.45, 7) is 13.6. The van der Waals surface area contributed by atoms with Crippen LogP contribution in [-0.4, -0.2) is 14.6 Å². The zero-order valence-electron chi connectivity index (χ0n) is 14.0. The second kappa shape index (κ2) is 6.48. The first kappa shape index (κ1) is 15.8. The van der Waals surface area contributed by atoms with Crippen molar-refractivity contribution < 1.29 is 0 Å². The Balaban J connectivity index is 2.18. The number of hydrogen-bond acceptors (Lipinski definition) is 1. The fourth-order valence-electron chi connectivity index (χ4n) is 2.62. The first-order valence-corrected chi connectivity index (χ1v) is 11.3. The number of anilines is 1. The lowest BCUT2D eigenvalue weighted by molar-refractivity contribution is 0.828. The first-order valence-electron chi connectivity index (χ1n) is 7.82. The van der Waals surface area contributed by atoms with E-state index in [1.54, 1.807) is 0 Å². The van der Waals surface area contributed by atoms with E-state index in [1.165, 1.54) is 22.0 Å². The van der Waals surface area contributed by atoms with Gasteiger partial charge in [-0.05, 0) is 31.0 Å². The molecule has 0 saturated carbocycles. The number of nitrogens with zero attached hydrogens (tertiary/aromatic N) is 1. The van der Waals surface area contributed by atoms with Crippen LogP contribution in [0.4, 0.5) is 5.69 Å². The minimum absolute atomic E-state index is 0.979. The van der Waals surface area contributed by atoms with Gasteiger partial charge in [0.25, 0.3) is 0 Å². The van der Waals surface area contributed by atoms with Crippen molar-refractivity contribution in [3.05, 3.63) is 59.7 Å². The topological polar surface area (TPSA) is 3.24 Å². The second-order valence-electron chi connectivity index (χ2n) is 6.75. The van der Waals surface area contributed by atoms with Crippen molar-refractivity contribution in [2.75, 3.05) is 11.4 Å². The molecule has 21 heavy (non-hydrogen) atoms. The summed E-state index contributed by atoms with van der Waals surface area (Å²) in [7, 11) is -1.19. The van der Waals surface area contributed by atoms with Crippen molar-refractivity contribution in [3.8, 4) is 0 Å². The number of benzene rings is 2. The van der Waals surface area contributed by atoms with Gasteiger partial charge in [-0.2, -0.15) is 0 Å². The summed E-state index contributed by atoms with van der Waals surface area (Å²) in [6.07, 6.45) is 0. The lowest BCUT2D eigenvalue weighted by Crippen LogP contribution is -2.37. The van der Waals surface area contributed by atoms with Gasteiger partial charge in [0, 0.05) is 18.8 Å². The third-order valence-electron chi connectivity index (χ3n) is 4.03. The van der Waals surface area contributed by atoms with Gasteiger partial charge < -0.3 is 4.90 Å². The van der Waals surface area contributed by atoms with Gasteiger partial charge in [0.2, 0.25) is 0 Å². The van der Waals surface area contributed by atoms with Crippen LogP contribution in [0.1, 0.15) is 18.1 Å². The molecule has 0 aliphatic heterocycles. The van der Waals surface area contributed by atoms with Gasteiger partial charge in [-0.25, -0.2) is 0 Å². The summed E-state index contributed by atoms with van der Waals surface area (Å²) in [6, 6.07) is 17.9. The molecule has 0 heterocycles. The van der Waals surface area contributed by atoms with Crippen LogP contribution in [0.25, 0.3) is 0 Å². The molecular weight excluding hydrogens is 270 g/mol. The smallest absolute Gasteiger partial charge is 0.0775 e. The van der Waals surface area contributed by atoms with E-state index in [9.17, 15) is 0 Å². The highest BCUT2D eigenvalue weighted by atomic mass is 28.3. The summed E-state index contributed by atoms with van der Waals surface area (Å²) in [5.74, 6) is 0. The molecule has 0 N–H and O–H groups in total. The molecule has 112 valence electrons. The molecule has 0 unspecified atom stereocenters. The molecule has 2 aromatic carbocycles. The molecule has 0 radical (unpaired) electrons. The Labute approximate surface area is 130 Å². The molecule has 2 rings (SSSR count). The monoisotopic (exact) mass is 297 g/mol. The van der Waals surface area contributed by atoms with E-state index >= 15 is 0 Å². The number of rotatable bonds is 5. The van der Waals surface area contributed by atoms with E-state index in [-0.39, 0.29) is 0 Å². The summed E-state index contributed by atoms with van der Waals surface area (Å²) < 4.78 is 0. The van der Waals surface area contributed by atoms with Gasteiger partial charge in [0.15, 0.2) is 0 Å². The summed E-state index contributed by atoms with van der Waals surface area (Å²) in [4.78, 5) is 2.44. The maximum atomic E-state index is 2.44. The Morgan fingerprint density at radius 3 is 2.05 bits per heavy atom. The van der Waals surface area contributed by atoms with Crippen LogP contribution in [0, 0.1) is 6.92 Å². The highest BCUT2D eigenvalue weighted by Crippen LogP contribution is 2.21. The van der Waals surface area contributed by atoms with E-state index in [2.05, 4.69) is 86.9 Å². The van der Waals surface area contributed by atoms with Gasteiger partial charge in [0.1, 0.15) is 0 Å². The van der Waals surface area contributed by atoms with E-state index < -0.39 is 8.07 Å². The average molecular weight is 298 g/mol. The van der Waals surface area contributed by atoms with Crippen molar-refractivity contribution in [3.63, 3.8) is 0 Å². The molecule has 0 aliphatic carbocycles. The fraction of sp³-hybridized carbons (Fsp3) is 0.368. The van der Waals surface area contributed by atoms with Gasteiger partial charge in [-0.1, -0.05) is 67.3 Å². The van der Waals surface area contributed by atoms with Crippen molar-refractivity contribution >= 4 is 18.9 Å². The number of para-hydroxylation sites is 1. The highest BCUT2D eigenvalue weighted by molar-refractivity contribution is 6.88. The quantitative estimate of drug-likeness (QED) is 0.731. The summed E-state index contributed by atoms with van der Waals surface area (Å²) in [5.41, 5.74) is 4.08. The predicted octanol–water partition coefficient (Wildman–Crippen LogP) is 4.57. The molecule has 1 nitrogen and oxygen atoms in total. The van der Waals surface area contributed by atoms with Crippen LogP contribution < -0.4 is 10.1 Å². The first-order chi connectivity index (χ1) is 9.91. The van der Waals surface area contributed by atoms with Crippen LogP contribution in [-0.2, 0) is 6.54 Å². The van der Waals surface area contributed by atoms with Crippen LogP contribution in [0.3, 0.4) is 0 Å². The molecule has 0 amide bonds. The van der Waals surface area contributed by atoms with Crippen molar-refractivity contribution in [2.24, 2.45) is 0 Å². The predicted molar refractivity (Wildman–Crippen MR) is 97.3 cm³/mol. The zero-order chi connectivity index (χ0) is 15.5. The maximum absolute atomic E-state index is 2.44. The Hall–Kier alpha value is -1.54. The molecule has 2 aromatic rings. The number of hydrogen-bond donors (Lipinski definition) is 0. The van der Waals surface area contributed by atoms with Crippen LogP contribution in [0.5, 0.6) is 0 Å². The Morgan fingerprint density at radius 2 is 1.52 bits per heavy atom. The average Bonchev–Trinajstić information content (AvgIpc) is 2.45. The van der Waals surface area contributed by atoms with Crippen molar-refractivity contribution in [2.45, 2.75) is 40.0 Å². The SMILES string of the molecule is CCN(Cc1ccc([Si](C)(C)C)cc1)c1ccccc1C. The van der Waals surface area contributed by atoms with Crippen LogP contribution in [0.2, 0.25) is 19.6 Å². The molecule has 2 heteroatoms. The summed E-state index contributed by atoms with van der Waals surface area (Å²) in [5, 5.41) is 1.53. The molecule has 0 spiro atoms. The third-order valence-corrected chi connectivity index (χ3v) is 6.10. The van der Waals surface area contributed by atoms with E-state index in [0.29, 0.717) is 0 Å². The van der Waals surface area contributed by atoms with E-state index in [4.69, 9.17) is 0 Å². The normalized spacial score (nSPS) is 11.5. The third kappa shape index (κ3) is 3.98. The second-order valence-corrected chi connectivity index (χ2v) is 11.8.